The van der Waals surface area contributed by atoms with Crippen LogP contribution in [0, 0.1) is 11.8 Å². The Balaban J connectivity index is 1.74. The number of unbranched alkanes of at least 4 members (excludes halogenated alkanes) is 2. The molecule has 1 aliphatic rings. The van der Waals surface area contributed by atoms with Crippen LogP contribution in [-0.2, 0) is 6.42 Å². The Morgan fingerprint density at radius 2 is 1.68 bits per heavy atom. The van der Waals surface area contributed by atoms with Crippen molar-refractivity contribution < 1.29 is 8.78 Å². The molecule has 28 heavy (non-hydrogen) atoms. The van der Waals surface area contributed by atoms with Crippen LogP contribution in [0.3, 0.4) is 0 Å². The molecule has 0 N–H and O–H groups in total. The molecule has 0 atom stereocenters. The summed E-state index contributed by atoms with van der Waals surface area (Å²) in [4.78, 5) is 0. The summed E-state index contributed by atoms with van der Waals surface area (Å²) in [5, 5.41) is 2.06. The first-order chi connectivity index (χ1) is 13.6. The van der Waals surface area contributed by atoms with Crippen molar-refractivity contribution in [2.45, 2.75) is 65.2 Å². The number of aryl methyl sites for hydroxylation is 1. The molecule has 1 aliphatic carbocycles. The van der Waals surface area contributed by atoms with Gasteiger partial charge in [-0.05, 0) is 73.8 Å². The maximum Gasteiger partial charge on any atom is 0.162 e. The predicted molar refractivity (Wildman–Crippen MR) is 117 cm³/mol. The molecule has 0 saturated heterocycles. The summed E-state index contributed by atoms with van der Waals surface area (Å²) < 4.78 is 29.7. The Labute approximate surface area is 168 Å². The van der Waals surface area contributed by atoms with E-state index in [-0.39, 0.29) is 5.92 Å². The summed E-state index contributed by atoms with van der Waals surface area (Å²) in [5.41, 5.74) is 1.67. The molecule has 0 bridgehead atoms. The third-order valence-corrected chi connectivity index (χ3v) is 6.03. The fourth-order valence-corrected chi connectivity index (χ4v) is 4.32. The highest BCUT2D eigenvalue weighted by atomic mass is 19.2. The minimum Gasteiger partial charge on any atom is -0.208 e. The Bertz CT molecular complexity index is 839. The van der Waals surface area contributed by atoms with E-state index in [0.29, 0.717) is 11.5 Å². The third kappa shape index (κ3) is 5.10. The first kappa shape index (κ1) is 20.8. The smallest absolute Gasteiger partial charge is 0.162 e. The van der Waals surface area contributed by atoms with Crippen LogP contribution in [0.25, 0.3) is 16.6 Å². The summed E-state index contributed by atoms with van der Waals surface area (Å²) in [6.07, 6.45) is 12.3. The molecule has 0 aliphatic heterocycles. The zero-order valence-corrected chi connectivity index (χ0v) is 17.2. The fourth-order valence-electron chi connectivity index (χ4n) is 4.32. The number of halogens is 2. The van der Waals surface area contributed by atoms with Crippen LogP contribution >= 0.6 is 0 Å². The van der Waals surface area contributed by atoms with Crippen molar-refractivity contribution in [3.63, 3.8) is 0 Å². The van der Waals surface area contributed by atoms with Crippen molar-refractivity contribution in [2.75, 3.05) is 0 Å². The quantitative estimate of drug-likeness (QED) is 0.332. The van der Waals surface area contributed by atoms with Crippen molar-refractivity contribution in [2.24, 2.45) is 11.8 Å². The molecule has 0 aromatic heterocycles. The van der Waals surface area contributed by atoms with Gasteiger partial charge in [0, 0.05) is 11.5 Å². The number of allylic oxidation sites excluding steroid dienone is 3. The van der Waals surface area contributed by atoms with Crippen LogP contribution in [0.2, 0.25) is 0 Å². The highest BCUT2D eigenvalue weighted by molar-refractivity contribution is 5.86. The SMILES string of the molecule is C/C=C/C1CCC(C(F)=C(F)c2ccc3cc(CCCCC)ccc3c2)CC1. The average molecular weight is 383 g/mol. The largest absolute Gasteiger partial charge is 0.208 e. The van der Waals surface area contributed by atoms with Gasteiger partial charge >= 0.3 is 0 Å². The van der Waals surface area contributed by atoms with Gasteiger partial charge in [0.1, 0.15) is 5.83 Å². The first-order valence-electron chi connectivity index (χ1n) is 10.8. The lowest BCUT2D eigenvalue weighted by molar-refractivity contribution is 0.304. The van der Waals surface area contributed by atoms with E-state index >= 15 is 0 Å². The average Bonchev–Trinajstić information content (AvgIpc) is 2.73. The van der Waals surface area contributed by atoms with Crippen LogP contribution in [0.4, 0.5) is 8.78 Å². The maximum atomic E-state index is 14.9. The van der Waals surface area contributed by atoms with Gasteiger partial charge in [0.15, 0.2) is 5.83 Å². The van der Waals surface area contributed by atoms with E-state index in [2.05, 4.69) is 31.2 Å². The summed E-state index contributed by atoms with van der Waals surface area (Å²) in [6, 6.07) is 11.7. The number of hydrogen-bond acceptors (Lipinski definition) is 0. The summed E-state index contributed by atoms with van der Waals surface area (Å²) >= 11 is 0. The fraction of sp³-hybridized carbons (Fsp3) is 0.462. The molecule has 0 unspecified atom stereocenters. The molecule has 1 saturated carbocycles. The number of rotatable bonds is 7. The molecular weight excluding hydrogens is 350 g/mol. The molecule has 2 heteroatoms. The minimum absolute atomic E-state index is 0.279. The molecular formula is C26H32F2. The van der Waals surface area contributed by atoms with Crippen LogP contribution in [0.15, 0.2) is 54.4 Å². The molecule has 0 heterocycles. The van der Waals surface area contributed by atoms with Crippen LogP contribution in [0.5, 0.6) is 0 Å². The van der Waals surface area contributed by atoms with Gasteiger partial charge in [0.25, 0.3) is 0 Å². The Hall–Kier alpha value is -1.96. The van der Waals surface area contributed by atoms with Gasteiger partial charge in [-0.15, -0.1) is 0 Å². The van der Waals surface area contributed by atoms with Gasteiger partial charge in [-0.3, -0.25) is 0 Å². The van der Waals surface area contributed by atoms with Gasteiger partial charge in [0.2, 0.25) is 0 Å². The molecule has 1 fully saturated rings. The number of fused-ring (bicyclic) bond motifs is 1. The lowest BCUT2D eigenvalue weighted by Gasteiger charge is -2.25. The van der Waals surface area contributed by atoms with E-state index in [0.717, 1.165) is 42.9 Å². The third-order valence-electron chi connectivity index (χ3n) is 6.03. The minimum atomic E-state index is -0.677. The van der Waals surface area contributed by atoms with Crippen LogP contribution in [0.1, 0.15) is 69.9 Å². The van der Waals surface area contributed by atoms with Gasteiger partial charge in [-0.25, -0.2) is 8.78 Å². The number of hydrogen-bond donors (Lipinski definition) is 0. The molecule has 0 spiro atoms. The van der Waals surface area contributed by atoms with Crippen molar-refractivity contribution in [1.29, 1.82) is 0 Å². The zero-order valence-electron chi connectivity index (χ0n) is 17.2. The van der Waals surface area contributed by atoms with Crippen molar-refractivity contribution in [3.05, 3.63) is 65.5 Å². The maximum absolute atomic E-state index is 14.9. The lowest BCUT2D eigenvalue weighted by atomic mass is 9.81. The second kappa shape index (κ2) is 10.0. The van der Waals surface area contributed by atoms with Crippen LogP contribution in [-0.4, -0.2) is 0 Å². The predicted octanol–water partition coefficient (Wildman–Crippen LogP) is 8.56. The van der Waals surface area contributed by atoms with Gasteiger partial charge in [-0.1, -0.05) is 62.2 Å². The highest BCUT2D eigenvalue weighted by Gasteiger charge is 2.26. The molecule has 3 rings (SSSR count). The Kier molecular flexibility index (Phi) is 7.42. The summed E-state index contributed by atoms with van der Waals surface area (Å²) in [5.74, 6) is -1.000. The van der Waals surface area contributed by atoms with E-state index < -0.39 is 11.7 Å². The highest BCUT2D eigenvalue weighted by Crippen LogP contribution is 2.38. The summed E-state index contributed by atoms with van der Waals surface area (Å²) in [6.45, 7) is 4.22. The second-order valence-corrected chi connectivity index (χ2v) is 8.15. The molecule has 0 amide bonds. The molecule has 2 aromatic rings. The Morgan fingerprint density at radius 3 is 2.39 bits per heavy atom. The Morgan fingerprint density at radius 1 is 0.964 bits per heavy atom. The first-order valence-corrected chi connectivity index (χ1v) is 10.8. The summed E-state index contributed by atoms with van der Waals surface area (Å²) in [7, 11) is 0. The van der Waals surface area contributed by atoms with E-state index in [1.165, 1.54) is 24.8 Å². The van der Waals surface area contributed by atoms with Gasteiger partial charge in [0.05, 0.1) is 0 Å². The number of benzene rings is 2. The van der Waals surface area contributed by atoms with E-state index in [1.54, 1.807) is 12.1 Å². The van der Waals surface area contributed by atoms with Gasteiger partial charge < -0.3 is 0 Å². The standard InChI is InChI=1S/C26H32F2/c1-3-5-6-8-20-11-14-23-18-24(16-15-22(23)17-20)26(28)25(27)21-12-9-19(7-4-2)10-13-21/h4,7,11,14-19,21H,3,5-6,8-10,12-13H2,1-2H3/b7-4+,26-25?. The van der Waals surface area contributed by atoms with E-state index in [9.17, 15) is 8.78 Å². The second-order valence-electron chi connectivity index (χ2n) is 8.15. The molecule has 150 valence electrons. The molecule has 0 nitrogen and oxygen atoms in total. The van der Waals surface area contributed by atoms with E-state index in [4.69, 9.17) is 0 Å². The topological polar surface area (TPSA) is 0 Å². The zero-order chi connectivity index (χ0) is 19.9. The van der Waals surface area contributed by atoms with Crippen molar-refractivity contribution >= 4 is 16.6 Å². The lowest BCUT2D eigenvalue weighted by Crippen LogP contribution is -2.14. The molecule has 2 aromatic carbocycles. The molecule has 0 radical (unpaired) electrons. The van der Waals surface area contributed by atoms with Gasteiger partial charge in [-0.2, -0.15) is 0 Å². The van der Waals surface area contributed by atoms with Crippen molar-refractivity contribution in [1.82, 2.24) is 0 Å². The van der Waals surface area contributed by atoms with Crippen molar-refractivity contribution in [3.8, 4) is 0 Å². The van der Waals surface area contributed by atoms with Crippen LogP contribution < -0.4 is 0 Å². The monoisotopic (exact) mass is 382 g/mol. The van der Waals surface area contributed by atoms with E-state index in [1.807, 2.05) is 19.1 Å². The normalized spacial score (nSPS) is 21.3.